The van der Waals surface area contributed by atoms with Gasteiger partial charge in [-0.2, -0.15) is 0 Å². The molecular formula is C49H37N3S. The first kappa shape index (κ1) is 31.5. The van der Waals surface area contributed by atoms with Gasteiger partial charge in [0.2, 0.25) is 0 Å². The Bertz CT molecular complexity index is 2590. The second kappa shape index (κ2) is 13.4. The van der Waals surface area contributed by atoms with Gasteiger partial charge >= 0.3 is 0 Å². The van der Waals surface area contributed by atoms with Crippen LogP contribution in [0.4, 0.5) is 39.8 Å². The van der Waals surface area contributed by atoms with Gasteiger partial charge in [0.15, 0.2) is 0 Å². The van der Waals surface area contributed by atoms with Gasteiger partial charge in [0.05, 0.1) is 23.1 Å². The summed E-state index contributed by atoms with van der Waals surface area (Å²) in [6, 6.07) is 53.6. The van der Waals surface area contributed by atoms with Crippen LogP contribution in [-0.2, 0) is 6.42 Å². The van der Waals surface area contributed by atoms with Crippen LogP contribution < -0.4 is 14.7 Å². The molecule has 4 heteroatoms. The van der Waals surface area contributed by atoms with E-state index in [2.05, 4.69) is 209 Å². The van der Waals surface area contributed by atoms with Gasteiger partial charge in [0, 0.05) is 44.3 Å². The lowest BCUT2D eigenvalue weighted by Crippen LogP contribution is -2.31. The Morgan fingerprint density at radius 1 is 0.547 bits per heavy atom. The Morgan fingerprint density at radius 2 is 1.25 bits per heavy atom. The molecule has 0 bridgehead atoms. The van der Waals surface area contributed by atoms with E-state index in [1.54, 1.807) is 0 Å². The van der Waals surface area contributed by atoms with E-state index >= 15 is 0 Å². The minimum Gasteiger partial charge on any atom is -0.334 e. The topological polar surface area (TPSA) is 9.72 Å². The Labute approximate surface area is 315 Å². The molecule has 1 aliphatic carbocycles. The highest BCUT2D eigenvalue weighted by Gasteiger charge is 2.27. The predicted molar refractivity (Wildman–Crippen MR) is 226 cm³/mol. The highest BCUT2D eigenvalue weighted by Crippen LogP contribution is 2.51. The monoisotopic (exact) mass is 699 g/mol. The van der Waals surface area contributed by atoms with Crippen LogP contribution in [0.25, 0.3) is 21.5 Å². The van der Waals surface area contributed by atoms with E-state index in [1.165, 1.54) is 65.3 Å². The number of hydrogen-bond acceptors (Lipinski definition) is 4. The zero-order valence-corrected chi connectivity index (χ0v) is 30.0. The third-order valence-electron chi connectivity index (χ3n) is 10.6. The van der Waals surface area contributed by atoms with E-state index in [4.69, 9.17) is 0 Å². The Balaban J connectivity index is 1.07. The van der Waals surface area contributed by atoms with Crippen molar-refractivity contribution in [3.8, 4) is 0 Å². The second-order valence-electron chi connectivity index (χ2n) is 13.7. The average molecular weight is 700 g/mol. The van der Waals surface area contributed by atoms with Crippen LogP contribution in [0.15, 0.2) is 204 Å². The minimum atomic E-state index is 0.190. The fraction of sp³-hybridized carbons (Fsp3) is 0.0612. The summed E-state index contributed by atoms with van der Waals surface area (Å²) >= 11 is 1.84. The van der Waals surface area contributed by atoms with Crippen molar-refractivity contribution in [1.29, 1.82) is 0 Å². The molecule has 0 saturated carbocycles. The summed E-state index contributed by atoms with van der Waals surface area (Å²) in [5.74, 6) is 0. The lowest BCUT2D eigenvalue weighted by molar-refractivity contribution is 0.782. The second-order valence-corrected chi connectivity index (χ2v) is 14.8. The summed E-state index contributed by atoms with van der Waals surface area (Å²) in [7, 11) is 0. The molecule has 10 rings (SSSR count). The lowest BCUT2D eigenvalue weighted by Gasteiger charge is -2.36. The number of allylic oxidation sites excluding steroid dienone is 5. The standard InChI is InChI=1S/C49H37N3S/c1-3-15-38(16-4-1)51(40-31-32-42-36(34-40)26-25-35-14-6-7-17-41(35)42)45-22-13-21-44-43(45)18-5-2-12-33-50(44)37-27-29-39(30-28-37)52-46-19-8-10-23-48(46)53-49-24-11-9-20-47(49)52/h1-15,17,19-34,38H,16,18H2/b5-2-,33-12-. The molecule has 1 unspecified atom stereocenters. The van der Waals surface area contributed by atoms with Crippen LogP contribution in [0.2, 0.25) is 0 Å². The highest BCUT2D eigenvalue weighted by atomic mass is 32.2. The summed E-state index contributed by atoms with van der Waals surface area (Å²) in [5, 5.41) is 5.10. The van der Waals surface area contributed by atoms with Crippen molar-refractivity contribution < 1.29 is 0 Å². The Kier molecular flexibility index (Phi) is 7.96. The number of benzene rings is 7. The largest absolute Gasteiger partial charge is 0.334 e. The predicted octanol–water partition coefficient (Wildman–Crippen LogP) is 13.7. The molecular weight excluding hydrogens is 663 g/mol. The molecule has 1 atom stereocenters. The maximum Gasteiger partial charge on any atom is 0.0601 e. The SMILES string of the molecule is C1=CCC(N(c2ccc3c(ccc4ccccc43)c2)c2cccc3c2C/C=C\C=C/N3c2ccc(N3c4ccccc4Sc4ccccc43)cc2)C=C1. The third-order valence-corrected chi connectivity index (χ3v) is 11.7. The van der Waals surface area contributed by atoms with E-state index in [-0.39, 0.29) is 6.04 Å². The lowest BCUT2D eigenvalue weighted by atomic mass is 9.97. The zero-order chi connectivity index (χ0) is 35.1. The molecule has 0 spiro atoms. The van der Waals surface area contributed by atoms with Crippen molar-refractivity contribution >= 4 is 73.1 Å². The van der Waals surface area contributed by atoms with E-state index < -0.39 is 0 Å². The molecule has 3 aliphatic rings. The van der Waals surface area contributed by atoms with Crippen LogP contribution in [0, 0.1) is 0 Å². The molecule has 2 aliphatic heterocycles. The minimum absolute atomic E-state index is 0.190. The van der Waals surface area contributed by atoms with Crippen LogP contribution in [0.3, 0.4) is 0 Å². The molecule has 3 nitrogen and oxygen atoms in total. The van der Waals surface area contributed by atoms with E-state index in [9.17, 15) is 0 Å². The molecule has 7 aromatic carbocycles. The summed E-state index contributed by atoms with van der Waals surface area (Å²) < 4.78 is 0. The summed E-state index contributed by atoms with van der Waals surface area (Å²) in [6.45, 7) is 0. The van der Waals surface area contributed by atoms with Crippen molar-refractivity contribution in [1.82, 2.24) is 0 Å². The molecule has 0 amide bonds. The molecule has 0 radical (unpaired) electrons. The van der Waals surface area contributed by atoms with Gasteiger partial charge in [-0.25, -0.2) is 0 Å². The maximum atomic E-state index is 2.55. The maximum absolute atomic E-state index is 2.55. The zero-order valence-electron chi connectivity index (χ0n) is 29.2. The normalized spacial score (nSPS) is 17.1. The molecule has 53 heavy (non-hydrogen) atoms. The van der Waals surface area contributed by atoms with E-state index in [1.807, 2.05) is 11.8 Å². The number of anilines is 7. The van der Waals surface area contributed by atoms with Gasteiger partial charge in [0.25, 0.3) is 0 Å². The molecule has 0 saturated heterocycles. The Morgan fingerprint density at radius 3 is 2.06 bits per heavy atom. The number of nitrogens with zero attached hydrogens (tertiary/aromatic N) is 3. The summed E-state index contributed by atoms with van der Waals surface area (Å²) in [4.78, 5) is 9.82. The van der Waals surface area contributed by atoms with E-state index in [0.717, 1.165) is 24.2 Å². The smallest absolute Gasteiger partial charge is 0.0601 e. The Hall–Kier alpha value is -6.23. The quantitative estimate of drug-likeness (QED) is 0.165. The van der Waals surface area contributed by atoms with Crippen molar-refractivity contribution in [3.05, 3.63) is 200 Å². The average Bonchev–Trinajstić information content (AvgIpc) is 3.21. The van der Waals surface area contributed by atoms with Gasteiger partial charge in [-0.3, -0.25) is 0 Å². The molecule has 0 N–H and O–H groups in total. The van der Waals surface area contributed by atoms with Crippen LogP contribution in [-0.4, -0.2) is 6.04 Å². The van der Waals surface area contributed by atoms with Crippen molar-refractivity contribution in [2.24, 2.45) is 0 Å². The fourth-order valence-electron chi connectivity index (χ4n) is 8.09. The number of rotatable bonds is 5. The highest BCUT2D eigenvalue weighted by molar-refractivity contribution is 7.99. The van der Waals surface area contributed by atoms with Gasteiger partial charge < -0.3 is 14.7 Å². The van der Waals surface area contributed by atoms with E-state index in [0.29, 0.717) is 0 Å². The molecule has 0 aromatic heterocycles. The van der Waals surface area contributed by atoms with Crippen molar-refractivity contribution in [2.45, 2.75) is 28.7 Å². The number of para-hydroxylation sites is 2. The van der Waals surface area contributed by atoms with Crippen molar-refractivity contribution in [3.63, 3.8) is 0 Å². The van der Waals surface area contributed by atoms with Crippen LogP contribution in [0.1, 0.15) is 12.0 Å². The summed E-state index contributed by atoms with van der Waals surface area (Å²) in [6.07, 6.45) is 19.6. The van der Waals surface area contributed by atoms with Crippen LogP contribution >= 0.6 is 11.8 Å². The molecule has 254 valence electrons. The van der Waals surface area contributed by atoms with Gasteiger partial charge in [-0.15, -0.1) is 0 Å². The van der Waals surface area contributed by atoms with Gasteiger partial charge in [-0.1, -0.05) is 121 Å². The first-order valence-corrected chi connectivity index (χ1v) is 19.2. The summed E-state index contributed by atoms with van der Waals surface area (Å²) in [5.41, 5.74) is 9.61. The van der Waals surface area contributed by atoms with Crippen molar-refractivity contribution in [2.75, 3.05) is 14.7 Å². The molecule has 2 heterocycles. The van der Waals surface area contributed by atoms with Gasteiger partial charge in [0.1, 0.15) is 0 Å². The molecule has 7 aromatic rings. The fourth-order valence-corrected chi connectivity index (χ4v) is 9.15. The number of hydrogen-bond donors (Lipinski definition) is 0. The van der Waals surface area contributed by atoms with Gasteiger partial charge in [-0.05, 0) is 113 Å². The first-order chi connectivity index (χ1) is 26.3. The van der Waals surface area contributed by atoms with Crippen LogP contribution in [0.5, 0.6) is 0 Å². The third kappa shape index (κ3) is 5.63. The first-order valence-electron chi connectivity index (χ1n) is 18.3. The molecule has 0 fully saturated rings. The number of fused-ring (bicyclic) bond motifs is 6.